The van der Waals surface area contributed by atoms with Crippen LogP contribution in [0, 0.1) is 0 Å². The fraction of sp³-hybridized carbons (Fsp3) is 0.333. The number of nitrogens with two attached hydrogens (primary N) is 1. The van der Waals surface area contributed by atoms with E-state index in [1.165, 1.54) is 4.80 Å². The minimum absolute atomic E-state index is 0.0118. The highest BCUT2D eigenvalue weighted by Gasteiger charge is 2.12. The lowest BCUT2D eigenvalue weighted by atomic mass is 10.2. The maximum atomic E-state index is 11.1. The molecule has 0 bridgehead atoms. The van der Waals surface area contributed by atoms with Crippen molar-refractivity contribution in [1.29, 1.82) is 0 Å². The Hall–Kier alpha value is -2.28. The highest BCUT2D eigenvalue weighted by molar-refractivity contribution is 5.75. The van der Waals surface area contributed by atoms with Crippen LogP contribution in [0.1, 0.15) is 25.8 Å². The van der Waals surface area contributed by atoms with E-state index < -0.39 is 0 Å². The molecule has 19 heavy (non-hydrogen) atoms. The lowest BCUT2D eigenvalue weighted by molar-refractivity contribution is -0.121. The molecule has 1 aromatic carbocycles. The SMILES string of the molecule is CC(CCC(=O)NN)n1nnc(-c2ccccc2)n1. The van der Waals surface area contributed by atoms with Crippen LogP contribution in [-0.2, 0) is 4.79 Å². The molecule has 1 heterocycles. The summed E-state index contributed by atoms with van der Waals surface area (Å²) in [7, 11) is 0. The number of aromatic nitrogens is 4. The summed E-state index contributed by atoms with van der Waals surface area (Å²) in [5, 5.41) is 12.3. The number of hydrogen-bond donors (Lipinski definition) is 2. The molecule has 1 unspecified atom stereocenters. The lowest BCUT2D eigenvalue weighted by Crippen LogP contribution is -2.30. The number of amides is 1. The Labute approximate surface area is 110 Å². The van der Waals surface area contributed by atoms with Crippen LogP contribution in [0.3, 0.4) is 0 Å². The smallest absolute Gasteiger partial charge is 0.233 e. The first-order valence-electron chi connectivity index (χ1n) is 6.05. The average molecular weight is 260 g/mol. The number of tetrazole rings is 1. The Kier molecular flexibility index (Phi) is 4.19. The molecular formula is C12H16N6O. The van der Waals surface area contributed by atoms with Crippen molar-refractivity contribution < 1.29 is 4.79 Å². The van der Waals surface area contributed by atoms with Gasteiger partial charge >= 0.3 is 0 Å². The second kappa shape index (κ2) is 6.05. The topological polar surface area (TPSA) is 98.7 Å². The third-order valence-corrected chi connectivity index (χ3v) is 2.80. The summed E-state index contributed by atoms with van der Waals surface area (Å²) in [5.74, 6) is 5.41. The summed E-state index contributed by atoms with van der Waals surface area (Å²) in [4.78, 5) is 12.6. The molecule has 0 spiro atoms. The van der Waals surface area contributed by atoms with Crippen molar-refractivity contribution in [3.8, 4) is 11.4 Å². The first kappa shape index (κ1) is 13.2. The number of carbonyl (C=O) groups is 1. The molecule has 1 atom stereocenters. The van der Waals surface area contributed by atoms with E-state index >= 15 is 0 Å². The molecule has 2 aromatic rings. The van der Waals surface area contributed by atoms with Crippen LogP contribution in [-0.4, -0.2) is 26.1 Å². The Balaban J connectivity index is 2.03. The molecule has 3 N–H and O–H groups in total. The Bertz CT molecular complexity index is 538. The molecule has 100 valence electrons. The molecule has 0 radical (unpaired) electrons. The summed E-state index contributed by atoms with van der Waals surface area (Å²) < 4.78 is 0. The molecule has 7 nitrogen and oxygen atoms in total. The van der Waals surface area contributed by atoms with E-state index in [9.17, 15) is 4.79 Å². The monoisotopic (exact) mass is 260 g/mol. The first-order chi connectivity index (χ1) is 9.20. The van der Waals surface area contributed by atoms with E-state index in [1.807, 2.05) is 37.3 Å². The molecular weight excluding hydrogens is 244 g/mol. The molecule has 0 aliphatic rings. The van der Waals surface area contributed by atoms with Gasteiger partial charge in [0.05, 0.1) is 6.04 Å². The minimum atomic E-state index is -0.199. The fourth-order valence-corrected chi connectivity index (χ4v) is 1.64. The summed E-state index contributed by atoms with van der Waals surface area (Å²) in [6, 6.07) is 9.61. The summed E-state index contributed by atoms with van der Waals surface area (Å²) >= 11 is 0. The van der Waals surface area contributed by atoms with Crippen molar-refractivity contribution >= 4 is 5.91 Å². The molecule has 7 heteroatoms. The van der Waals surface area contributed by atoms with E-state index in [1.54, 1.807) is 0 Å². The van der Waals surface area contributed by atoms with Crippen LogP contribution in [0.5, 0.6) is 0 Å². The van der Waals surface area contributed by atoms with E-state index in [0.29, 0.717) is 18.7 Å². The highest BCUT2D eigenvalue weighted by Crippen LogP contribution is 2.15. The summed E-state index contributed by atoms with van der Waals surface area (Å²) in [6.07, 6.45) is 0.938. The van der Waals surface area contributed by atoms with E-state index in [0.717, 1.165) is 5.56 Å². The van der Waals surface area contributed by atoms with Crippen molar-refractivity contribution in [1.82, 2.24) is 25.6 Å². The zero-order valence-electron chi connectivity index (χ0n) is 10.7. The number of carbonyl (C=O) groups excluding carboxylic acids is 1. The zero-order valence-corrected chi connectivity index (χ0v) is 10.7. The van der Waals surface area contributed by atoms with Gasteiger partial charge in [0.1, 0.15) is 0 Å². The maximum Gasteiger partial charge on any atom is 0.233 e. The molecule has 1 aromatic heterocycles. The second-order valence-electron chi connectivity index (χ2n) is 4.25. The number of rotatable bonds is 5. The Morgan fingerprint density at radius 1 is 1.42 bits per heavy atom. The second-order valence-corrected chi connectivity index (χ2v) is 4.25. The van der Waals surface area contributed by atoms with Gasteiger partial charge in [-0.3, -0.25) is 10.2 Å². The third-order valence-electron chi connectivity index (χ3n) is 2.80. The van der Waals surface area contributed by atoms with Crippen LogP contribution in [0.2, 0.25) is 0 Å². The normalized spacial score (nSPS) is 12.1. The van der Waals surface area contributed by atoms with Crippen LogP contribution in [0.4, 0.5) is 0 Å². The van der Waals surface area contributed by atoms with Gasteiger partial charge in [0.2, 0.25) is 11.7 Å². The van der Waals surface area contributed by atoms with E-state index in [2.05, 4.69) is 20.8 Å². The molecule has 0 saturated carbocycles. The summed E-state index contributed by atoms with van der Waals surface area (Å²) in [6.45, 7) is 1.93. The van der Waals surface area contributed by atoms with Gasteiger partial charge in [0.25, 0.3) is 0 Å². The molecule has 2 rings (SSSR count). The number of hydrazine groups is 1. The molecule has 0 aliphatic carbocycles. The van der Waals surface area contributed by atoms with Crippen LogP contribution >= 0.6 is 0 Å². The zero-order chi connectivity index (χ0) is 13.7. The highest BCUT2D eigenvalue weighted by atomic mass is 16.2. The van der Waals surface area contributed by atoms with Gasteiger partial charge in [0, 0.05) is 12.0 Å². The largest absolute Gasteiger partial charge is 0.294 e. The molecule has 0 aliphatic heterocycles. The standard InChI is InChI=1S/C12H16N6O/c1-9(7-8-11(19)14-13)18-16-12(15-17-18)10-5-3-2-4-6-10/h2-6,9H,7-8,13H2,1H3,(H,14,19). The number of benzene rings is 1. The van der Waals surface area contributed by atoms with E-state index in [-0.39, 0.29) is 11.9 Å². The quantitative estimate of drug-likeness (QED) is 0.467. The van der Waals surface area contributed by atoms with Crippen molar-refractivity contribution in [2.24, 2.45) is 5.84 Å². The maximum absolute atomic E-state index is 11.1. The van der Waals surface area contributed by atoms with Crippen LogP contribution in [0.15, 0.2) is 30.3 Å². The third kappa shape index (κ3) is 3.35. The van der Waals surface area contributed by atoms with Crippen molar-refractivity contribution in [3.63, 3.8) is 0 Å². The van der Waals surface area contributed by atoms with E-state index in [4.69, 9.17) is 5.84 Å². The average Bonchev–Trinajstić information content (AvgIpc) is 2.95. The molecule has 0 fully saturated rings. The summed E-state index contributed by atoms with van der Waals surface area (Å²) in [5.41, 5.74) is 3.02. The van der Waals surface area contributed by atoms with Crippen molar-refractivity contribution in [3.05, 3.63) is 30.3 Å². The fourth-order valence-electron chi connectivity index (χ4n) is 1.64. The molecule has 1 amide bonds. The van der Waals surface area contributed by atoms with Gasteiger partial charge in [0.15, 0.2) is 0 Å². The number of nitrogens with one attached hydrogen (secondary N) is 1. The van der Waals surface area contributed by atoms with Crippen molar-refractivity contribution in [2.75, 3.05) is 0 Å². The molecule has 0 saturated heterocycles. The Morgan fingerprint density at radius 2 is 2.16 bits per heavy atom. The predicted octanol–water partition coefficient (Wildman–Crippen LogP) is 0.671. The number of nitrogens with zero attached hydrogens (tertiary/aromatic N) is 4. The van der Waals surface area contributed by atoms with Crippen LogP contribution < -0.4 is 11.3 Å². The first-order valence-corrected chi connectivity index (χ1v) is 6.05. The van der Waals surface area contributed by atoms with Gasteiger partial charge in [-0.2, -0.15) is 4.80 Å². The van der Waals surface area contributed by atoms with Gasteiger partial charge in [-0.05, 0) is 18.6 Å². The lowest BCUT2D eigenvalue weighted by Gasteiger charge is -2.08. The number of hydrogen-bond acceptors (Lipinski definition) is 5. The van der Waals surface area contributed by atoms with Crippen LogP contribution in [0.25, 0.3) is 11.4 Å². The predicted molar refractivity (Wildman–Crippen MR) is 69.5 cm³/mol. The van der Waals surface area contributed by atoms with Gasteiger partial charge in [-0.25, -0.2) is 5.84 Å². The minimum Gasteiger partial charge on any atom is -0.294 e. The van der Waals surface area contributed by atoms with Gasteiger partial charge in [-0.15, -0.1) is 10.2 Å². The Morgan fingerprint density at radius 3 is 2.84 bits per heavy atom. The van der Waals surface area contributed by atoms with Crippen molar-refractivity contribution in [2.45, 2.75) is 25.8 Å². The van der Waals surface area contributed by atoms with Gasteiger partial charge < -0.3 is 0 Å². The van der Waals surface area contributed by atoms with Gasteiger partial charge in [-0.1, -0.05) is 30.3 Å².